The minimum absolute atomic E-state index is 0.0527. The van der Waals surface area contributed by atoms with E-state index < -0.39 is 0 Å². The fraction of sp³-hybridized carbons (Fsp3) is 0.333. The number of hydrazine groups is 2. The summed E-state index contributed by atoms with van der Waals surface area (Å²) >= 11 is 6.05. The van der Waals surface area contributed by atoms with Gasteiger partial charge in [0.25, 0.3) is 0 Å². The van der Waals surface area contributed by atoms with Crippen LogP contribution in [-0.4, -0.2) is 20.8 Å². The molecule has 0 amide bonds. The summed E-state index contributed by atoms with van der Waals surface area (Å²) in [5.74, 6) is 0.372. The molecule has 0 bridgehead atoms. The third kappa shape index (κ3) is 2.40. The van der Waals surface area contributed by atoms with Crippen LogP contribution < -0.4 is 16.4 Å². The highest BCUT2D eigenvalue weighted by molar-refractivity contribution is 6.31. The number of rotatable bonds is 3. The largest absolute Gasteiger partial charge is 0.244 e. The van der Waals surface area contributed by atoms with Crippen LogP contribution in [0.25, 0.3) is 0 Å². The van der Waals surface area contributed by atoms with E-state index in [1.807, 2.05) is 6.92 Å². The molecule has 2 heterocycles. The van der Waals surface area contributed by atoms with Gasteiger partial charge in [0.15, 0.2) is 0 Å². The zero-order chi connectivity index (χ0) is 14.1. The first-order valence-corrected chi connectivity index (χ1v) is 6.61. The first-order valence-electron chi connectivity index (χ1n) is 6.23. The molecule has 2 atom stereocenters. The third-order valence-corrected chi connectivity index (χ3v) is 3.67. The Labute approximate surface area is 120 Å². The van der Waals surface area contributed by atoms with Crippen molar-refractivity contribution in [2.45, 2.75) is 25.6 Å². The average Bonchev–Trinajstić information content (AvgIpc) is 3.02. The molecule has 20 heavy (non-hydrogen) atoms. The lowest BCUT2D eigenvalue weighted by Crippen LogP contribution is -2.32. The highest BCUT2D eigenvalue weighted by Gasteiger charge is 2.28. The number of nitrogens with one attached hydrogen (secondary N) is 3. The Morgan fingerprint density at radius 1 is 1.40 bits per heavy atom. The van der Waals surface area contributed by atoms with Crippen LogP contribution in [0.5, 0.6) is 0 Å². The fourth-order valence-corrected chi connectivity index (χ4v) is 2.42. The molecule has 3 rings (SSSR count). The Balaban J connectivity index is 1.91. The molecule has 1 aromatic carbocycles. The lowest BCUT2D eigenvalue weighted by molar-refractivity contribution is 0.485. The van der Waals surface area contributed by atoms with Crippen LogP contribution in [0.3, 0.4) is 0 Å². The van der Waals surface area contributed by atoms with Crippen molar-refractivity contribution in [1.29, 1.82) is 0 Å². The number of nitrogens with zero attached hydrogens (tertiary/aromatic N) is 3. The summed E-state index contributed by atoms with van der Waals surface area (Å²) in [7, 11) is 0. The minimum atomic E-state index is -0.345. The Morgan fingerprint density at radius 2 is 2.25 bits per heavy atom. The second-order valence-corrected chi connectivity index (χ2v) is 5.06. The molecule has 0 aliphatic carbocycles. The number of hydrogen-bond acceptors (Lipinski definition) is 5. The van der Waals surface area contributed by atoms with Crippen LogP contribution >= 0.6 is 11.6 Å². The molecule has 1 aromatic heterocycles. The topological polar surface area (TPSA) is 66.8 Å². The summed E-state index contributed by atoms with van der Waals surface area (Å²) in [5.41, 5.74) is 9.33. The summed E-state index contributed by atoms with van der Waals surface area (Å²) in [6.45, 7) is 2.25. The van der Waals surface area contributed by atoms with Crippen molar-refractivity contribution in [1.82, 2.24) is 31.2 Å². The van der Waals surface area contributed by atoms with Gasteiger partial charge in [-0.2, -0.15) is 10.6 Å². The molecule has 0 radical (unpaired) electrons. The molecule has 2 aromatic rings. The number of aromatic nitrogens is 3. The van der Waals surface area contributed by atoms with Gasteiger partial charge in [-0.25, -0.2) is 24.9 Å². The van der Waals surface area contributed by atoms with Crippen molar-refractivity contribution in [2.24, 2.45) is 0 Å². The van der Waals surface area contributed by atoms with Crippen LogP contribution in [0.4, 0.5) is 4.39 Å². The molecule has 1 fully saturated rings. The van der Waals surface area contributed by atoms with Crippen LogP contribution in [0.2, 0.25) is 5.02 Å². The van der Waals surface area contributed by atoms with Crippen LogP contribution in [0.15, 0.2) is 24.5 Å². The highest BCUT2D eigenvalue weighted by Crippen LogP contribution is 2.22. The normalized spacial score (nSPS) is 22.4. The first-order chi connectivity index (χ1) is 9.66. The van der Waals surface area contributed by atoms with Crippen molar-refractivity contribution >= 4 is 11.6 Å². The predicted molar refractivity (Wildman–Crippen MR) is 72.1 cm³/mol. The van der Waals surface area contributed by atoms with E-state index in [1.165, 1.54) is 12.4 Å². The van der Waals surface area contributed by atoms with Crippen molar-refractivity contribution in [3.05, 3.63) is 46.8 Å². The molecular formula is C12H14ClFN6. The Morgan fingerprint density at radius 3 is 2.95 bits per heavy atom. The monoisotopic (exact) mass is 296 g/mol. The summed E-state index contributed by atoms with van der Waals surface area (Å²) in [4.78, 5) is 4.25. The summed E-state index contributed by atoms with van der Waals surface area (Å²) in [6, 6.07) is 4.71. The van der Waals surface area contributed by atoms with E-state index in [9.17, 15) is 4.39 Å². The maximum Gasteiger partial charge on any atom is 0.147 e. The molecule has 0 saturated carbocycles. The number of halogens is 2. The van der Waals surface area contributed by atoms with Gasteiger partial charge in [0.2, 0.25) is 0 Å². The smallest absolute Gasteiger partial charge is 0.147 e. The summed E-state index contributed by atoms with van der Waals surface area (Å²) < 4.78 is 15.5. The van der Waals surface area contributed by atoms with Gasteiger partial charge in [-0.1, -0.05) is 17.7 Å². The molecule has 0 spiro atoms. The molecule has 8 heteroatoms. The maximum absolute atomic E-state index is 13.8. The zero-order valence-corrected chi connectivity index (χ0v) is 11.5. The second kappa shape index (κ2) is 5.45. The Bertz CT molecular complexity index is 595. The van der Waals surface area contributed by atoms with Gasteiger partial charge in [-0.3, -0.25) is 0 Å². The molecule has 1 saturated heterocycles. The standard InChI is InChI=1S/C12H14ClFN6/c1-7-11(18-19-17-7)12-15-6-16-20(12)5-8-9(13)3-2-4-10(8)14/h2-4,6-7,11,17-19H,5H2,1H3. The first kappa shape index (κ1) is 13.4. The van der Waals surface area contributed by atoms with E-state index in [0.29, 0.717) is 16.4 Å². The number of benzene rings is 1. The Hall–Kier alpha value is -1.54. The SMILES string of the molecule is CC1NNNC1c1ncnn1Cc1c(F)cccc1Cl. The van der Waals surface area contributed by atoms with E-state index in [4.69, 9.17) is 11.6 Å². The van der Waals surface area contributed by atoms with E-state index in [2.05, 4.69) is 26.5 Å². The molecule has 1 aliphatic rings. The number of hydrogen-bond donors (Lipinski definition) is 3. The molecule has 106 valence electrons. The van der Waals surface area contributed by atoms with Gasteiger partial charge in [0, 0.05) is 16.6 Å². The summed E-state index contributed by atoms with van der Waals surface area (Å²) in [6.07, 6.45) is 1.46. The van der Waals surface area contributed by atoms with Crippen LogP contribution in [0.1, 0.15) is 24.4 Å². The quantitative estimate of drug-likeness (QED) is 0.793. The average molecular weight is 297 g/mol. The van der Waals surface area contributed by atoms with Crippen molar-refractivity contribution < 1.29 is 4.39 Å². The van der Waals surface area contributed by atoms with Crippen molar-refractivity contribution in [3.8, 4) is 0 Å². The van der Waals surface area contributed by atoms with Gasteiger partial charge in [0.05, 0.1) is 12.6 Å². The lowest BCUT2D eigenvalue weighted by atomic mass is 10.1. The van der Waals surface area contributed by atoms with Crippen molar-refractivity contribution in [3.63, 3.8) is 0 Å². The predicted octanol–water partition coefficient (Wildman–Crippen LogP) is 1.16. The van der Waals surface area contributed by atoms with Gasteiger partial charge in [-0.05, 0) is 19.1 Å². The van der Waals surface area contributed by atoms with E-state index in [0.717, 1.165) is 0 Å². The molecule has 1 aliphatic heterocycles. The van der Waals surface area contributed by atoms with E-state index in [1.54, 1.807) is 16.8 Å². The van der Waals surface area contributed by atoms with Crippen LogP contribution in [0, 0.1) is 5.82 Å². The Kier molecular flexibility index (Phi) is 3.66. The minimum Gasteiger partial charge on any atom is -0.244 e. The third-order valence-electron chi connectivity index (χ3n) is 3.32. The highest BCUT2D eigenvalue weighted by atomic mass is 35.5. The molecule has 3 N–H and O–H groups in total. The summed E-state index contributed by atoms with van der Waals surface area (Å²) in [5, 5.41) is 4.54. The molecule has 2 unspecified atom stereocenters. The second-order valence-electron chi connectivity index (χ2n) is 4.66. The van der Waals surface area contributed by atoms with Gasteiger partial charge in [-0.15, -0.1) is 0 Å². The van der Waals surface area contributed by atoms with Crippen molar-refractivity contribution in [2.75, 3.05) is 0 Å². The van der Waals surface area contributed by atoms with E-state index >= 15 is 0 Å². The molecule has 6 nitrogen and oxygen atoms in total. The lowest BCUT2D eigenvalue weighted by Gasteiger charge is -2.15. The van der Waals surface area contributed by atoms with E-state index in [-0.39, 0.29) is 24.4 Å². The van der Waals surface area contributed by atoms with Gasteiger partial charge >= 0.3 is 0 Å². The van der Waals surface area contributed by atoms with Crippen LogP contribution in [-0.2, 0) is 6.54 Å². The van der Waals surface area contributed by atoms with Gasteiger partial charge < -0.3 is 0 Å². The molecular weight excluding hydrogens is 283 g/mol. The van der Waals surface area contributed by atoms with Gasteiger partial charge in [0.1, 0.15) is 18.0 Å². The maximum atomic E-state index is 13.8. The zero-order valence-electron chi connectivity index (χ0n) is 10.8. The fourth-order valence-electron chi connectivity index (χ4n) is 2.20.